The van der Waals surface area contributed by atoms with Gasteiger partial charge in [0.05, 0.1) is 27.9 Å². The number of nitrogens with two attached hydrogens (primary N) is 1. The summed E-state index contributed by atoms with van der Waals surface area (Å²) in [5, 5.41) is 14.9. The number of hydrogen-bond acceptors (Lipinski definition) is 6. The number of aromatic nitrogens is 2. The van der Waals surface area contributed by atoms with Crippen molar-refractivity contribution in [1.82, 2.24) is 9.78 Å². The van der Waals surface area contributed by atoms with Gasteiger partial charge < -0.3 is 19.9 Å². The first-order chi connectivity index (χ1) is 14.5. The molecular formula is C22H17ClN4O3. The molecule has 0 bridgehead atoms. The maximum atomic E-state index is 9.85. The third-order valence-corrected chi connectivity index (χ3v) is 5.72. The van der Waals surface area contributed by atoms with Gasteiger partial charge in [-0.1, -0.05) is 35.4 Å². The van der Waals surface area contributed by atoms with Gasteiger partial charge in [0.15, 0.2) is 11.5 Å². The molecule has 30 heavy (non-hydrogen) atoms. The summed E-state index contributed by atoms with van der Waals surface area (Å²) in [5.74, 6) is 0.976. The maximum absolute atomic E-state index is 9.85. The Morgan fingerprint density at radius 3 is 2.67 bits per heavy atom. The largest absolute Gasteiger partial charge is 0.454 e. The lowest BCUT2D eigenvalue weighted by Gasteiger charge is -2.25. The Morgan fingerprint density at radius 2 is 1.93 bits per heavy atom. The van der Waals surface area contributed by atoms with E-state index in [1.807, 2.05) is 44.2 Å². The Kier molecular flexibility index (Phi) is 4.12. The third kappa shape index (κ3) is 2.61. The van der Waals surface area contributed by atoms with Crippen molar-refractivity contribution in [2.45, 2.75) is 19.8 Å². The van der Waals surface area contributed by atoms with Gasteiger partial charge in [0.1, 0.15) is 11.6 Å². The van der Waals surface area contributed by atoms with Crippen LogP contribution < -0.4 is 19.9 Å². The quantitative estimate of drug-likeness (QED) is 0.670. The van der Waals surface area contributed by atoms with Crippen LogP contribution in [0.15, 0.2) is 47.9 Å². The summed E-state index contributed by atoms with van der Waals surface area (Å²) in [6.07, 6.45) is 0. The number of allylic oxidation sites excluding steroid dienone is 1. The first-order valence-electron chi connectivity index (χ1n) is 9.31. The number of nitriles is 1. The van der Waals surface area contributed by atoms with Crippen LogP contribution in [0.4, 0.5) is 0 Å². The van der Waals surface area contributed by atoms with E-state index in [0.717, 1.165) is 16.8 Å². The minimum absolute atomic E-state index is 0.0250. The van der Waals surface area contributed by atoms with Crippen molar-refractivity contribution in [2.24, 2.45) is 5.73 Å². The normalized spacial score (nSPS) is 16.8. The molecule has 1 atom stereocenters. The lowest BCUT2D eigenvalue weighted by Crippen LogP contribution is -2.22. The molecule has 3 aromatic rings. The van der Waals surface area contributed by atoms with Crippen LogP contribution in [0.2, 0.25) is 5.02 Å². The number of fused-ring (bicyclic) bond motifs is 2. The van der Waals surface area contributed by atoms with E-state index in [9.17, 15) is 5.26 Å². The van der Waals surface area contributed by atoms with Crippen LogP contribution in [0, 0.1) is 25.2 Å². The fraction of sp³-hybridized carbons (Fsp3) is 0.182. The van der Waals surface area contributed by atoms with Gasteiger partial charge in [0.25, 0.3) is 0 Å². The molecule has 0 radical (unpaired) electrons. The highest BCUT2D eigenvalue weighted by Gasteiger charge is 2.38. The molecule has 0 saturated carbocycles. The summed E-state index contributed by atoms with van der Waals surface area (Å²) >= 11 is 6.67. The van der Waals surface area contributed by atoms with Crippen molar-refractivity contribution in [1.29, 1.82) is 5.26 Å². The number of halogens is 1. The lowest BCUT2D eigenvalue weighted by molar-refractivity contribution is 0.174. The Bertz CT molecular complexity index is 1250. The van der Waals surface area contributed by atoms with Crippen molar-refractivity contribution < 1.29 is 14.2 Å². The zero-order valence-electron chi connectivity index (χ0n) is 16.3. The molecule has 2 aromatic carbocycles. The van der Waals surface area contributed by atoms with E-state index >= 15 is 0 Å². The molecule has 0 spiro atoms. The predicted octanol–water partition coefficient (Wildman–Crippen LogP) is 4.09. The summed E-state index contributed by atoms with van der Waals surface area (Å²) in [6, 6.07) is 13.7. The van der Waals surface area contributed by atoms with Crippen LogP contribution >= 0.6 is 11.6 Å². The number of ether oxygens (including phenoxy) is 3. The van der Waals surface area contributed by atoms with Gasteiger partial charge in [-0.2, -0.15) is 10.4 Å². The highest BCUT2D eigenvalue weighted by molar-refractivity contribution is 6.33. The molecule has 7 nitrogen and oxygen atoms in total. The van der Waals surface area contributed by atoms with Gasteiger partial charge in [-0.05, 0) is 37.6 Å². The second-order valence-corrected chi connectivity index (χ2v) is 7.56. The summed E-state index contributed by atoms with van der Waals surface area (Å²) in [7, 11) is 0. The third-order valence-electron chi connectivity index (χ3n) is 5.33. The molecule has 0 fully saturated rings. The Hall–Kier alpha value is -3.63. The smallest absolute Gasteiger partial charge is 0.231 e. The predicted molar refractivity (Wildman–Crippen MR) is 110 cm³/mol. The molecule has 0 amide bonds. The monoisotopic (exact) mass is 420 g/mol. The average Bonchev–Trinajstić information content (AvgIpc) is 3.33. The molecule has 2 aliphatic rings. The second-order valence-electron chi connectivity index (χ2n) is 7.18. The van der Waals surface area contributed by atoms with Gasteiger partial charge in [-0.3, -0.25) is 0 Å². The number of aryl methyl sites for hydroxylation is 2. The molecule has 2 N–H and O–H groups in total. The zero-order valence-corrected chi connectivity index (χ0v) is 17.0. The molecular weight excluding hydrogens is 404 g/mol. The van der Waals surface area contributed by atoms with E-state index in [2.05, 4.69) is 11.2 Å². The van der Waals surface area contributed by atoms with Gasteiger partial charge in [-0.25, -0.2) is 4.68 Å². The number of nitrogens with zero attached hydrogens (tertiary/aromatic N) is 3. The van der Waals surface area contributed by atoms with E-state index in [4.69, 9.17) is 31.5 Å². The minimum Gasteiger partial charge on any atom is -0.454 e. The molecule has 3 heterocycles. The highest BCUT2D eigenvalue weighted by atomic mass is 35.5. The lowest BCUT2D eigenvalue weighted by atomic mass is 9.84. The Balaban J connectivity index is 1.74. The zero-order chi connectivity index (χ0) is 21.0. The first-order valence-corrected chi connectivity index (χ1v) is 9.69. The van der Waals surface area contributed by atoms with Crippen molar-refractivity contribution >= 4 is 11.6 Å². The topological polar surface area (TPSA) is 95.3 Å². The summed E-state index contributed by atoms with van der Waals surface area (Å²) in [4.78, 5) is 0. The summed E-state index contributed by atoms with van der Waals surface area (Å²) < 4.78 is 18.5. The number of hydrogen-bond donors (Lipinski definition) is 1. The van der Waals surface area contributed by atoms with Gasteiger partial charge in [-0.15, -0.1) is 0 Å². The van der Waals surface area contributed by atoms with Crippen molar-refractivity contribution in [2.75, 3.05) is 6.79 Å². The van der Waals surface area contributed by atoms with Crippen LogP contribution in [0.1, 0.15) is 28.3 Å². The van der Waals surface area contributed by atoms with Crippen LogP contribution in [-0.2, 0) is 0 Å². The van der Waals surface area contributed by atoms with E-state index in [0.29, 0.717) is 33.7 Å². The van der Waals surface area contributed by atoms with Crippen LogP contribution in [0.3, 0.4) is 0 Å². The van der Waals surface area contributed by atoms with E-state index in [1.165, 1.54) is 0 Å². The molecule has 150 valence electrons. The molecule has 0 saturated heterocycles. The molecule has 1 aromatic heterocycles. The molecule has 2 aliphatic heterocycles. The fourth-order valence-electron chi connectivity index (χ4n) is 3.86. The summed E-state index contributed by atoms with van der Waals surface area (Å²) in [6.45, 7) is 3.99. The van der Waals surface area contributed by atoms with Crippen LogP contribution in [0.5, 0.6) is 17.4 Å². The molecule has 0 unspecified atom stereocenters. The first kappa shape index (κ1) is 18.4. The van der Waals surface area contributed by atoms with Gasteiger partial charge >= 0.3 is 0 Å². The Labute approximate surface area is 177 Å². The summed E-state index contributed by atoms with van der Waals surface area (Å²) in [5.41, 5.74) is 10.5. The van der Waals surface area contributed by atoms with E-state index in [-0.39, 0.29) is 18.2 Å². The molecule has 8 heteroatoms. The van der Waals surface area contributed by atoms with E-state index < -0.39 is 5.92 Å². The SMILES string of the molecule is Cc1ccc(-n2nc(C)c3c2OC(N)=C(C#N)[C@@H]3c2ccc3c(c2Cl)OCO3)cc1. The minimum atomic E-state index is -0.542. The highest BCUT2D eigenvalue weighted by Crippen LogP contribution is 2.50. The number of rotatable bonds is 2. The van der Waals surface area contributed by atoms with Crippen molar-refractivity contribution in [3.05, 3.63) is 75.3 Å². The fourth-order valence-corrected chi connectivity index (χ4v) is 4.18. The van der Waals surface area contributed by atoms with Crippen LogP contribution in [0.25, 0.3) is 5.69 Å². The van der Waals surface area contributed by atoms with Crippen LogP contribution in [-0.4, -0.2) is 16.6 Å². The number of benzene rings is 2. The average molecular weight is 421 g/mol. The molecule has 5 rings (SSSR count). The molecule has 0 aliphatic carbocycles. The second kappa shape index (κ2) is 6.71. The van der Waals surface area contributed by atoms with Gasteiger partial charge in [0, 0.05) is 0 Å². The van der Waals surface area contributed by atoms with E-state index in [1.54, 1.807) is 10.7 Å². The Morgan fingerprint density at radius 1 is 1.17 bits per heavy atom. The van der Waals surface area contributed by atoms with Crippen molar-refractivity contribution in [3.8, 4) is 29.1 Å². The maximum Gasteiger partial charge on any atom is 0.231 e. The standard InChI is InChI=1S/C22H17ClN4O3/c1-11-3-5-13(6-4-11)27-22-17(12(2)26-27)18(15(9-24)21(25)30-22)14-7-8-16-20(19(14)23)29-10-28-16/h3-8,18H,10,25H2,1-2H3/t18-/m0/s1. The van der Waals surface area contributed by atoms with Crippen molar-refractivity contribution in [3.63, 3.8) is 0 Å². The van der Waals surface area contributed by atoms with Gasteiger partial charge in [0.2, 0.25) is 18.6 Å².